The van der Waals surface area contributed by atoms with Crippen molar-refractivity contribution in [2.45, 2.75) is 41.5 Å². The van der Waals surface area contributed by atoms with Gasteiger partial charge in [-0.3, -0.25) is 0 Å². The van der Waals surface area contributed by atoms with Crippen LogP contribution in [0.25, 0.3) is 211 Å². The summed E-state index contributed by atoms with van der Waals surface area (Å²) in [4.78, 5) is 14.5. The highest BCUT2D eigenvalue weighted by molar-refractivity contribution is 7.26. The predicted octanol–water partition coefficient (Wildman–Crippen LogP) is 35.8. The second-order valence-corrected chi connectivity index (χ2v) is 37.0. The van der Waals surface area contributed by atoms with E-state index in [1.165, 1.54) is 187 Å². The molecule has 0 atom stereocenters. The van der Waals surface area contributed by atoms with Crippen LogP contribution in [0.4, 0.5) is 0 Å². The summed E-state index contributed by atoms with van der Waals surface area (Å²) in [7, 11) is 0. The molecule has 19 aromatic carbocycles. The lowest BCUT2D eigenvalue weighted by molar-refractivity contribution is 0.668. The van der Waals surface area contributed by atoms with Crippen molar-refractivity contribution in [3.05, 3.63) is 470 Å². The first-order valence-corrected chi connectivity index (χ1v) is 47.1. The number of aryl methyl sites for hydroxylation is 6. The zero-order valence-corrected chi connectivity index (χ0v) is 76.3. The normalized spacial score (nSPS) is 11.3. The van der Waals surface area contributed by atoms with Crippen LogP contribution >= 0.6 is 34.0 Å². The fourth-order valence-electron chi connectivity index (χ4n) is 17.7. The maximum atomic E-state index is 5.92. The van der Waals surface area contributed by atoms with E-state index in [1.807, 2.05) is 113 Å². The van der Waals surface area contributed by atoms with E-state index in [1.54, 1.807) is 0 Å². The summed E-state index contributed by atoms with van der Waals surface area (Å²) in [5.74, 6) is 2.05. The van der Waals surface area contributed by atoms with E-state index < -0.39 is 0 Å². The van der Waals surface area contributed by atoms with Gasteiger partial charge in [0, 0.05) is 115 Å². The van der Waals surface area contributed by atoms with E-state index in [9.17, 15) is 0 Å². The minimum Gasteiger partial charge on any atom is -0.456 e. The number of benzene rings is 19. The van der Waals surface area contributed by atoms with Crippen molar-refractivity contribution in [1.29, 1.82) is 0 Å². The molecule has 0 aliphatic rings. The Bertz CT molecular complexity index is 8320. The SMILES string of the molecule is Cc1ccc2c(c1)c1ccccc1n2-c1ccccc1.Cc1ccc2c(c1)oc1ccc(-c3ccccc3)cc12.Cc1ccc2c(c1)sc1ccc(-c3ccccc3)cc12.Cc1ccc2oc3ccc(-c4ccccc4)cc3c2c1.Cc1ccc2sc3ccc(-c4ccccc4)cc3c2c1.Cc1ccc2sc3ccc(-c4nc(-c5ccccc5)nc(-c5ccccc5)n4)cc3c2c1. The van der Waals surface area contributed by atoms with Crippen LogP contribution in [0.15, 0.2) is 446 Å². The second-order valence-electron chi connectivity index (χ2n) is 33.8. The van der Waals surface area contributed by atoms with Gasteiger partial charge in [0.15, 0.2) is 17.5 Å². The molecule has 0 saturated carbocycles. The number of rotatable bonds is 8. The van der Waals surface area contributed by atoms with Gasteiger partial charge in [-0.05, 0) is 243 Å². The van der Waals surface area contributed by atoms with Crippen molar-refractivity contribution >= 4 is 160 Å². The van der Waals surface area contributed by atoms with Gasteiger partial charge in [0.05, 0.1) is 11.0 Å². The van der Waals surface area contributed by atoms with Crippen LogP contribution in [0, 0.1) is 41.5 Å². The van der Waals surface area contributed by atoms with Crippen molar-refractivity contribution in [2.75, 3.05) is 0 Å². The van der Waals surface area contributed by atoms with Crippen LogP contribution in [0.3, 0.4) is 0 Å². The monoisotopic (exact) mass is 1750 g/mol. The number of para-hydroxylation sites is 2. The Morgan fingerprint density at radius 1 is 0.174 bits per heavy atom. The van der Waals surface area contributed by atoms with Gasteiger partial charge in [-0.15, -0.1) is 34.0 Å². The highest BCUT2D eigenvalue weighted by atomic mass is 32.1. The molecule has 0 aliphatic heterocycles. The first-order chi connectivity index (χ1) is 64.8. The van der Waals surface area contributed by atoms with Crippen LogP contribution in [-0.4, -0.2) is 19.5 Å². The Balaban J connectivity index is 0.0000000965. The average Bonchev–Trinajstić information content (AvgIpc) is 1.47. The molecule has 132 heavy (non-hydrogen) atoms. The maximum absolute atomic E-state index is 5.92. The maximum Gasteiger partial charge on any atom is 0.164 e. The molecule has 0 N–H and O–H groups in total. The molecule has 0 unspecified atom stereocenters. The third-order valence-electron chi connectivity index (χ3n) is 24.4. The number of hydrogen-bond acceptors (Lipinski definition) is 8. The van der Waals surface area contributed by atoms with E-state index >= 15 is 0 Å². The summed E-state index contributed by atoms with van der Waals surface area (Å²) in [5, 5.41) is 15.4. The fraction of sp³-hybridized carbons (Fsp3) is 0.0488. The lowest BCUT2D eigenvalue weighted by Crippen LogP contribution is -2.00. The standard InChI is InChI=1S/C28H19N3S.C19H15N.2C19H14O.2C19H14S/c1-18-12-14-24-22(16-18)23-17-21(13-15-25(23)32-24)28-30-26(19-8-4-2-5-9-19)29-27(31-28)20-10-6-3-7-11-20;1-14-11-12-19-17(13-14)16-9-5-6-10-18(16)20(19)15-7-3-2-4-8-15;1-13-7-9-18-16(11-13)17-12-15(8-10-19(17)20-18)14-5-3-2-4-6-14;1-13-7-9-16-17-12-15(14-5-3-2-4-6-14)8-10-18(17)20-19(16)11-13;1-13-7-9-18-16(11-13)17-12-15(8-10-19(17)20-18)14-5-3-2-4-6-14;1-13-7-9-16-17-12-15(14-5-3-2-4-6-14)8-10-18(17)20-19(16)11-13/h2-17H,1H3;2-13H,1H3;4*2-12H,1H3. The van der Waals surface area contributed by atoms with Crippen LogP contribution < -0.4 is 0 Å². The largest absolute Gasteiger partial charge is 0.456 e. The lowest BCUT2D eigenvalue weighted by atomic mass is 10.0. The Kier molecular flexibility index (Phi) is 23.2. The van der Waals surface area contributed by atoms with Crippen molar-refractivity contribution < 1.29 is 8.83 Å². The molecule has 0 radical (unpaired) electrons. The third kappa shape index (κ3) is 17.4. The van der Waals surface area contributed by atoms with Gasteiger partial charge in [0.2, 0.25) is 0 Å². The molecule has 26 aromatic rings. The number of thiophene rings is 3. The minimum absolute atomic E-state index is 0.681. The summed E-state index contributed by atoms with van der Waals surface area (Å²) >= 11 is 5.58. The first-order valence-electron chi connectivity index (χ1n) is 44.6. The van der Waals surface area contributed by atoms with Gasteiger partial charge in [-0.1, -0.05) is 313 Å². The van der Waals surface area contributed by atoms with Crippen LogP contribution in [0.5, 0.6) is 0 Å². The number of nitrogens with zero attached hydrogens (tertiary/aromatic N) is 4. The molecular weight excluding hydrogens is 1660 g/mol. The highest BCUT2D eigenvalue weighted by Crippen LogP contribution is 2.43. The number of hydrogen-bond donors (Lipinski definition) is 0. The summed E-state index contributed by atoms with van der Waals surface area (Å²) in [6, 6.07) is 154. The van der Waals surface area contributed by atoms with Crippen molar-refractivity contribution in [3.63, 3.8) is 0 Å². The van der Waals surface area contributed by atoms with Gasteiger partial charge in [-0.25, -0.2) is 15.0 Å². The van der Waals surface area contributed by atoms with Gasteiger partial charge in [0.1, 0.15) is 22.3 Å². The van der Waals surface area contributed by atoms with Crippen molar-refractivity contribution in [1.82, 2.24) is 19.5 Å². The Morgan fingerprint density at radius 2 is 0.462 bits per heavy atom. The van der Waals surface area contributed by atoms with Gasteiger partial charge < -0.3 is 13.4 Å². The molecule has 0 saturated heterocycles. The molecule has 9 heteroatoms. The van der Waals surface area contributed by atoms with E-state index in [0.717, 1.165) is 39.0 Å². The average molecular weight is 1750 g/mol. The Hall–Kier alpha value is -15.8. The molecule has 6 nitrogen and oxygen atoms in total. The molecule has 26 rings (SSSR count). The molecule has 0 spiro atoms. The zero-order chi connectivity index (χ0) is 89.1. The third-order valence-corrected chi connectivity index (χ3v) is 27.8. The first kappa shape index (κ1) is 83.2. The molecule has 7 heterocycles. The zero-order valence-electron chi connectivity index (χ0n) is 73.9. The summed E-state index contributed by atoms with van der Waals surface area (Å²) in [5.41, 5.74) is 28.2. The van der Waals surface area contributed by atoms with Gasteiger partial charge >= 0.3 is 0 Å². The van der Waals surface area contributed by atoms with Crippen LogP contribution in [-0.2, 0) is 0 Å². The summed E-state index contributed by atoms with van der Waals surface area (Å²) < 4.78 is 22.2. The molecule has 7 aromatic heterocycles. The molecule has 0 fully saturated rings. The number of fused-ring (bicyclic) bond motifs is 18. The molecule has 0 amide bonds. The Morgan fingerprint density at radius 3 is 0.947 bits per heavy atom. The molecule has 0 aliphatic carbocycles. The Labute approximate surface area is 778 Å². The van der Waals surface area contributed by atoms with Gasteiger partial charge in [-0.2, -0.15) is 0 Å². The number of furan rings is 2. The lowest BCUT2D eigenvalue weighted by Gasteiger charge is -2.08. The van der Waals surface area contributed by atoms with Crippen molar-refractivity contribution in [3.8, 4) is 84.4 Å². The fourth-order valence-corrected chi connectivity index (χ4v) is 21.0. The van der Waals surface area contributed by atoms with E-state index in [0.29, 0.717) is 17.5 Å². The van der Waals surface area contributed by atoms with E-state index in [2.05, 4.69) is 404 Å². The van der Waals surface area contributed by atoms with E-state index in [4.69, 9.17) is 23.8 Å². The smallest absolute Gasteiger partial charge is 0.164 e. The molecular formula is C123H90N4O2S3. The van der Waals surface area contributed by atoms with Gasteiger partial charge in [0.25, 0.3) is 0 Å². The van der Waals surface area contributed by atoms with Crippen molar-refractivity contribution in [2.24, 2.45) is 0 Å². The second kappa shape index (κ2) is 36.8. The van der Waals surface area contributed by atoms with Crippen LogP contribution in [0.2, 0.25) is 0 Å². The van der Waals surface area contributed by atoms with E-state index in [-0.39, 0.29) is 0 Å². The summed E-state index contributed by atoms with van der Waals surface area (Å²) in [6.45, 7) is 12.8. The van der Waals surface area contributed by atoms with Crippen LogP contribution in [0.1, 0.15) is 33.4 Å². The quantitative estimate of drug-likeness (QED) is 0.152. The summed E-state index contributed by atoms with van der Waals surface area (Å²) in [6.07, 6.45) is 0. The topological polar surface area (TPSA) is 69.9 Å². The molecule has 0 bridgehead atoms. The highest BCUT2D eigenvalue weighted by Gasteiger charge is 2.19. The predicted molar refractivity (Wildman–Crippen MR) is 566 cm³/mol. The minimum atomic E-state index is 0.681. The molecule has 632 valence electrons. The number of aromatic nitrogens is 4.